The number of aliphatic hydroxyl groups excluding tert-OH is 1. The molecule has 0 unspecified atom stereocenters. The standard InChI is InChI=1S/C27H30ClNO6S/c1-3-34-27(31)18-35-25-9-4-5-10-26(25)36(32,33)23-13-11-20(12-14-23)15-19(2)29-17-24(30)21-7-6-8-22(28)16-21/h4-14,16,19,24,29-30H,3,15,17-18H2,1-2H3/t19-,24+/m1/s1. The highest BCUT2D eigenvalue weighted by molar-refractivity contribution is 7.91. The first-order chi connectivity index (χ1) is 17.2. The Morgan fingerprint density at radius 1 is 1.06 bits per heavy atom. The predicted molar refractivity (Wildman–Crippen MR) is 138 cm³/mol. The molecular formula is C27H30ClNO6S. The first kappa shape index (κ1) is 27.7. The Labute approximate surface area is 216 Å². The van der Waals surface area contributed by atoms with Crippen molar-refractivity contribution in [2.24, 2.45) is 0 Å². The Kier molecular flexibility index (Phi) is 9.89. The van der Waals surface area contributed by atoms with Gasteiger partial charge in [-0.3, -0.25) is 0 Å². The van der Waals surface area contributed by atoms with Gasteiger partial charge in [0.2, 0.25) is 9.84 Å². The van der Waals surface area contributed by atoms with Crippen molar-refractivity contribution in [2.75, 3.05) is 19.8 Å². The number of sulfone groups is 1. The van der Waals surface area contributed by atoms with Gasteiger partial charge < -0.3 is 19.9 Å². The molecule has 2 N–H and O–H groups in total. The summed E-state index contributed by atoms with van der Waals surface area (Å²) in [5.41, 5.74) is 1.68. The molecule has 0 spiro atoms. The van der Waals surface area contributed by atoms with Crippen molar-refractivity contribution in [3.8, 4) is 5.75 Å². The lowest BCUT2D eigenvalue weighted by atomic mass is 10.1. The summed E-state index contributed by atoms with van der Waals surface area (Å²) < 4.78 is 36.8. The van der Waals surface area contributed by atoms with E-state index in [9.17, 15) is 18.3 Å². The lowest BCUT2D eigenvalue weighted by molar-refractivity contribution is -0.145. The molecule has 2 atom stereocenters. The van der Waals surface area contributed by atoms with Crippen LogP contribution in [-0.4, -0.2) is 45.3 Å². The molecule has 3 aromatic carbocycles. The van der Waals surface area contributed by atoms with Crippen LogP contribution in [0.1, 0.15) is 31.1 Å². The summed E-state index contributed by atoms with van der Waals surface area (Å²) in [5.74, 6) is -0.484. The maximum Gasteiger partial charge on any atom is 0.344 e. The molecule has 3 aromatic rings. The zero-order valence-corrected chi connectivity index (χ0v) is 21.8. The number of esters is 1. The molecule has 0 aliphatic carbocycles. The molecular weight excluding hydrogens is 502 g/mol. The minimum atomic E-state index is -3.87. The van der Waals surface area contributed by atoms with Crippen LogP contribution in [0.25, 0.3) is 0 Å². The van der Waals surface area contributed by atoms with E-state index in [-0.39, 0.29) is 34.8 Å². The summed E-state index contributed by atoms with van der Waals surface area (Å²) >= 11 is 5.99. The van der Waals surface area contributed by atoms with E-state index in [1.54, 1.807) is 61.5 Å². The van der Waals surface area contributed by atoms with Gasteiger partial charge in [-0.25, -0.2) is 13.2 Å². The van der Waals surface area contributed by atoms with Crippen molar-refractivity contribution < 1.29 is 27.8 Å². The Morgan fingerprint density at radius 3 is 2.47 bits per heavy atom. The van der Waals surface area contributed by atoms with Gasteiger partial charge in [-0.05, 0) is 67.8 Å². The number of nitrogens with one attached hydrogen (secondary N) is 1. The number of carbonyl (C=O) groups excluding carboxylic acids is 1. The van der Waals surface area contributed by atoms with Gasteiger partial charge in [-0.15, -0.1) is 0 Å². The minimum absolute atomic E-state index is 0.0212. The highest BCUT2D eigenvalue weighted by atomic mass is 35.5. The highest BCUT2D eigenvalue weighted by Gasteiger charge is 2.23. The first-order valence-corrected chi connectivity index (χ1v) is 13.4. The third kappa shape index (κ3) is 7.54. The number of carbonyl (C=O) groups is 1. The molecule has 36 heavy (non-hydrogen) atoms. The Hall–Kier alpha value is -2.91. The summed E-state index contributed by atoms with van der Waals surface area (Å²) in [4.78, 5) is 11.7. The molecule has 0 aromatic heterocycles. The van der Waals surface area contributed by atoms with Crippen molar-refractivity contribution in [3.63, 3.8) is 0 Å². The molecule has 9 heteroatoms. The van der Waals surface area contributed by atoms with E-state index in [2.05, 4.69) is 5.32 Å². The van der Waals surface area contributed by atoms with Gasteiger partial charge in [0.15, 0.2) is 6.61 Å². The molecule has 0 saturated carbocycles. The molecule has 0 radical (unpaired) electrons. The number of rotatable bonds is 12. The van der Waals surface area contributed by atoms with Crippen LogP contribution in [-0.2, 0) is 25.8 Å². The van der Waals surface area contributed by atoms with E-state index in [0.29, 0.717) is 18.0 Å². The van der Waals surface area contributed by atoms with Gasteiger partial charge in [-0.2, -0.15) is 0 Å². The zero-order chi connectivity index (χ0) is 26.1. The van der Waals surface area contributed by atoms with Crippen LogP contribution in [0.5, 0.6) is 5.75 Å². The summed E-state index contributed by atoms with van der Waals surface area (Å²) in [6.07, 6.45) is -0.0493. The van der Waals surface area contributed by atoms with Crippen molar-refractivity contribution in [1.29, 1.82) is 0 Å². The van der Waals surface area contributed by atoms with E-state index in [1.807, 2.05) is 13.0 Å². The van der Waals surface area contributed by atoms with Gasteiger partial charge in [0, 0.05) is 17.6 Å². The van der Waals surface area contributed by atoms with Crippen LogP contribution in [0, 0.1) is 0 Å². The van der Waals surface area contributed by atoms with Crippen molar-refractivity contribution >= 4 is 27.4 Å². The largest absolute Gasteiger partial charge is 0.481 e. The zero-order valence-electron chi connectivity index (χ0n) is 20.2. The Morgan fingerprint density at radius 2 is 1.78 bits per heavy atom. The smallest absolute Gasteiger partial charge is 0.344 e. The quantitative estimate of drug-likeness (QED) is 0.335. The van der Waals surface area contributed by atoms with Gasteiger partial charge in [0.25, 0.3) is 0 Å². The van der Waals surface area contributed by atoms with Gasteiger partial charge in [0.05, 0.1) is 17.6 Å². The van der Waals surface area contributed by atoms with Gasteiger partial charge >= 0.3 is 5.97 Å². The monoisotopic (exact) mass is 531 g/mol. The average molecular weight is 532 g/mol. The van der Waals surface area contributed by atoms with Crippen LogP contribution in [0.3, 0.4) is 0 Å². The summed E-state index contributed by atoms with van der Waals surface area (Å²) in [7, 11) is -3.87. The lowest BCUT2D eigenvalue weighted by Gasteiger charge is -2.18. The number of halogens is 1. The molecule has 0 bridgehead atoms. The maximum absolute atomic E-state index is 13.2. The number of aliphatic hydroxyl groups is 1. The van der Waals surface area contributed by atoms with Crippen LogP contribution >= 0.6 is 11.6 Å². The number of hydrogen-bond acceptors (Lipinski definition) is 7. The summed E-state index contributed by atoms with van der Waals surface area (Å²) in [5, 5.41) is 14.3. The van der Waals surface area contributed by atoms with E-state index in [0.717, 1.165) is 11.1 Å². The number of hydrogen-bond donors (Lipinski definition) is 2. The fraction of sp³-hybridized carbons (Fsp3) is 0.296. The predicted octanol–water partition coefficient (Wildman–Crippen LogP) is 4.37. The number of para-hydroxylation sites is 1. The van der Waals surface area contributed by atoms with Crippen LogP contribution in [0.15, 0.2) is 82.6 Å². The molecule has 0 aliphatic rings. The Bertz CT molecular complexity index is 1260. The lowest BCUT2D eigenvalue weighted by Crippen LogP contribution is -2.32. The topological polar surface area (TPSA) is 102 Å². The molecule has 0 heterocycles. The fourth-order valence-corrected chi connectivity index (χ4v) is 5.23. The fourth-order valence-electron chi connectivity index (χ4n) is 3.63. The minimum Gasteiger partial charge on any atom is -0.481 e. The second-order valence-corrected chi connectivity index (χ2v) is 10.6. The molecule has 0 aliphatic heterocycles. The molecule has 3 rings (SSSR count). The third-order valence-corrected chi connectivity index (χ3v) is 7.50. The maximum atomic E-state index is 13.2. The van der Waals surface area contributed by atoms with Crippen molar-refractivity contribution in [1.82, 2.24) is 5.32 Å². The first-order valence-electron chi connectivity index (χ1n) is 11.6. The van der Waals surface area contributed by atoms with Gasteiger partial charge in [0.1, 0.15) is 10.6 Å². The summed E-state index contributed by atoms with van der Waals surface area (Å²) in [6, 6.07) is 20.0. The average Bonchev–Trinajstić information content (AvgIpc) is 2.86. The second kappa shape index (κ2) is 12.9. The van der Waals surface area contributed by atoms with Crippen LogP contribution < -0.4 is 10.1 Å². The van der Waals surface area contributed by atoms with Gasteiger partial charge in [-0.1, -0.05) is 48.0 Å². The molecule has 7 nitrogen and oxygen atoms in total. The second-order valence-electron chi connectivity index (χ2n) is 8.27. The highest BCUT2D eigenvalue weighted by Crippen LogP contribution is 2.29. The van der Waals surface area contributed by atoms with Crippen LogP contribution in [0.2, 0.25) is 5.02 Å². The van der Waals surface area contributed by atoms with Crippen molar-refractivity contribution in [2.45, 2.75) is 42.2 Å². The van der Waals surface area contributed by atoms with E-state index in [1.165, 1.54) is 12.1 Å². The van der Waals surface area contributed by atoms with E-state index >= 15 is 0 Å². The van der Waals surface area contributed by atoms with E-state index in [4.69, 9.17) is 21.1 Å². The normalized spacial score (nSPS) is 13.1. The molecule has 0 amide bonds. The van der Waals surface area contributed by atoms with Crippen molar-refractivity contribution in [3.05, 3.63) is 88.9 Å². The SMILES string of the molecule is CCOC(=O)COc1ccccc1S(=O)(=O)c1ccc(C[C@@H](C)NC[C@H](O)c2cccc(Cl)c2)cc1. The summed E-state index contributed by atoms with van der Waals surface area (Å²) in [6.45, 7) is 3.87. The Balaban J connectivity index is 1.63. The number of ether oxygens (including phenoxy) is 2. The molecule has 0 saturated heterocycles. The molecule has 0 fully saturated rings. The van der Waals surface area contributed by atoms with Crippen LogP contribution in [0.4, 0.5) is 0 Å². The number of benzene rings is 3. The third-order valence-electron chi connectivity index (χ3n) is 5.46. The molecule has 192 valence electrons. The van der Waals surface area contributed by atoms with E-state index < -0.39 is 21.9 Å².